The van der Waals surface area contributed by atoms with Gasteiger partial charge in [0.05, 0.1) is 25.1 Å². The molecule has 1 rings (SSSR count). The third-order valence-electron chi connectivity index (χ3n) is 2.16. The van der Waals surface area contributed by atoms with E-state index < -0.39 is 24.2 Å². The molecule has 0 aliphatic heterocycles. The molecule has 1 aromatic carbocycles. The van der Waals surface area contributed by atoms with Crippen molar-refractivity contribution in [1.82, 2.24) is 0 Å². The molecule has 92 valence electrons. The third-order valence-corrected chi connectivity index (χ3v) is 2.65. The van der Waals surface area contributed by atoms with E-state index in [9.17, 15) is 9.59 Å². The molecule has 0 aliphatic rings. The summed E-state index contributed by atoms with van der Waals surface area (Å²) in [5.41, 5.74) is 5.80. The molecule has 0 saturated carbocycles. The van der Waals surface area contributed by atoms with Crippen LogP contribution in [0.2, 0.25) is 0 Å². The van der Waals surface area contributed by atoms with Gasteiger partial charge in [-0.25, -0.2) is 0 Å². The number of halogens is 1. The number of ether oxygens (including phenoxy) is 1. The number of carboxylic acids is 1. The maximum atomic E-state index is 11.9. The van der Waals surface area contributed by atoms with Crippen molar-refractivity contribution < 1.29 is 19.4 Å². The maximum Gasteiger partial charge on any atom is 0.305 e. The average Bonchev–Trinajstić information content (AvgIpc) is 2.27. The minimum Gasteiger partial charge on any atom is -0.496 e. The zero-order chi connectivity index (χ0) is 13.0. The van der Waals surface area contributed by atoms with E-state index in [-0.39, 0.29) is 5.56 Å². The Labute approximate surface area is 107 Å². The van der Waals surface area contributed by atoms with Crippen LogP contribution in [-0.2, 0) is 4.79 Å². The van der Waals surface area contributed by atoms with Gasteiger partial charge in [-0.2, -0.15) is 0 Å². The van der Waals surface area contributed by atoms with Crippen molar-refractivity contribution in [1.29, 1.82) is 0 Å². The number of rotatable bonds is 5. The van der Waals surface area contributed by atoms with E-state index in [0.717, 1.165) is 0 Å². The number of methoxy groups -OCH3 is 1. The van der Waals surface area contributed by atoms with Crippen molar-refractivity contribution in [2.75, 3.05) is 7.11 Å². The monoisotopic (exact) mass is 301 g/mol. The molecule has 0 aromatic heterocycles. The number of benzene rings is 1. The van der Waals surface area contributed by atoms with E-state index in [1.807, 2.05) is 0 Å². The standard InChI is InChI=1S/C11H12BrNO4/c1-17-9-3-2-6(12)4-7(9)11(16)8(13)5-10(14)15/h2-4,8H,5,13H2,1H3,(H,14,15). The Balaban J connectivity index is 3.02. The number of carboxylic acid groups (broad SMARTS) is 1. The quantitative estimate of drug-likeness (QED) is 0.803. The molecule has 17 heavy (non-hydrogen) atoms. The highest BCUT2D eigenvalue weighted by atomic mass is 79.9. The van der Waals surface area contributed by atoms with Crippen LogP contribution < -0.4 is 10.5 Å². The third kappa shape index (κ3) is 3.54. The second-order valence-corrected chi connectivity index (χ2v) is 4.33. The lowest BCUT2D eigenvalue weighted by Gasteiger charge is -2.11. The van der Waals surface area contributed by atoms with Crippen molar-refractivity contribution in [3.8, 4) is 5.75 Å². The molecule has 5 nitrogen and oxygen atoms in total. The van der Waals surface area contributed by atoms with Gasteiger partial charge in [0.1, 0.15) is 5.75 Å². The van der Waals surface area contributed by atoms with Crippen LogP contribution in [0.25, 0.3) is 0 Å². The Hall–Kier alpha value is -1.40. The summed E-state index contributed by atoms with van der Waals surface area (Å²) >= 11 is 3.23. The Bertz CT molecular complexity index is 447. The fraction of sp³-hybridized carbons (Fsp3) is 0.273. The molecule has 1 unspecified atom stereocenters. The Kier molecular flexibility index (Phi) is 4.65. The molecule has 0 saturated heterocycles. The summed E-state index contributed by atoms with van der Waals surface area (Å²) in [6.07, 6.45) is -0.408. The van der Waals surface area contributed by atoms with E-state index in [2.05, 4.69) is 15.9 Å². The Morgan fingerprint density at radius 1 is 1.53 bits per heavy atom. The summed E-state index contributed by atoms with van der Waals surface area (Å²) in [6, 6.07) is 3.82. The second kappa shape index (κ2) is 5.79. The fourth-order valence-corrected chi connectivity index (χ4v) is 1.71. The zero-order valence-electron chi connectivity index (χ0n) is 9.14. The number of hydrogen-bond donors (Lipinski definition) is 2. The average molecular weight is 302 g/mol. The number of aliphatic carboxylic acids is 1. The van der Waals surface area contributed by atoms with Crippen molar-refractivity contribution in [3.05, 3.63) is 28.2 Å². The van der Waals surface area contributed by atoms with Gasteiger partial charge < -0.3 is 15.6 Å². The SMILES string of the molecule is COc1ccc(Br)cc1C(=O)C(N)CC(=O)O. The molecule has 0 aliphatic carbocycles. The molecule has 0 fully saturated rings. The predicted molar refractivity (Wildman–Crippen MR) is 65.3 cm³/mol. The summed E-state index contributed by atoms with van der Waals surface area (Å²) in [6.45, 7) is 0. The first-order valence-electron chi connectivity index (χ1n) is 4.81. The summed E-state index contributed by atoms with van der Waals surface area (Å²) < 4.78 is 5.73. The molecule has 0 bridgehead atoms. The van der Waals surface area contributed by atoms with Gasteiger partial charge in [-0.1, -0.05) is 15.9 Å². The van der Waals surface area contributed by atoms with Crippen LogP contribution in [0.4, 0.5) is 0 Å². The zero-order valence-corrected chi connectivity index (χ0v) is 10.7. The number of carbonyl (C=O) groups excluding carboxylic acids is 1. The van der Waals surface area contributed by atoms with Gasteiger partial charge in [0, 0.05) is 4.47 Å². The minimum atomic E-state index is -1.11. The van der Waals surface area contributed by atoms with Gasteiger partial charge in [-0.3, -0.25) is 9.59 Å². The molecule has 0 radical (unpaired) electrons. The summed E-state index contributed by atoms with van der Waals surface area (Å²) in [4.78, 5) is 22.4. The Morgan fingerprint density at radius 2 is 2.18 bits per heavy atom. The highest BCUT2D eigenvalue weighted by Gasteiger charge is 2.22. The van der Waals surface area contributed by atoms with E-state index in [1.165, 1.54) is 7.11 Å². The van der Waals surface area contributed by atoms with Crippen LogP contribution in [0.1, 0.15) is 16.8 Å². The molecule has 6 heteroatoms. The molecule has 0 amide bonds. The largest absolute Gasteiger partial charge is 0.496 e. The lowest BCUT2D eigenvalue weighted by Crippen LogP contribution is -2.33. The first kappa shape index (κ1) is 13.7. The number of carbonyl (C=O) groups is 2. The van der Waals surface area contributed by atoms with Crippen LogP contribution in [0, 0.1) is 0 Å². The van der Waals surface area contributed by atoms with E-state index in [4.69, 9.17) is 15.6 Å². The minimum absolute atomic E-state index is 0.274. The van der Waals surface area contributed by atoms with Crippen molar-refractivity contribution in [3.63, 3.8) is 0 Å². The Morgan fingerprint density at radius 3 is 2.71 bits per heavy atom. The van der Waals surface area contributed by atoms with Crippen LogP contribution in [0.3, 0.4) is 0 Å². The van der Waals surface area contributed by atoms with Crippen LogP contribution in [-0.4, -0.2) is 30.0 Å². The van der Waals surface area contributed by atoms with Crippen LogP contribution in [0.5, 0.6) is 5.75 Å². The van der Waals surface area contributed by atoms with E-state index in [0.29, 0.717) is 10.2 Å². The molecule has 1 atom stereocenters. The first-order valence-corrected chi connectivity index (χ1v) is 5.60. The first-order chi connectivity index (χ1) is 7.95. The summed E-state index contributed by atoms with van der Waals surface area (Å²) in [5, 5.41) is 8.59. The molecular formula is C11H12BrNO4. The number of nitrogens with two attached hydrogens (primary N) is 1. The smallest absolute Gasteiger partial charge is 0.305 e. The number of ketones is 1. The highest BCUT2D eigenvalue weighted by molar-refractivity contribution is 9.10. The fourth-order valence-electron chi connectivity index (χ4n) is 1.35. The molecule has 0 heterocycles. The van der Waals surface area contributed by atoms with Gasteiger partial charge in [-0.05, 0) is 18.2 Å². The van der Waals surface area contributed by atoms with Gasteiger partial charge in [0.25, 0.3) is 0 Å². The normalized spacial score (nSPS) is 11.9. The van der Waals surface area contributed by atoms with Crippen molar-refractivity contribution in [2.45, 2.75) is 12.5 Å². The maximum absolute atomic E-state index is 11.9. The number of hydrogen-bond acceptors (Lipinski definition) is 4. The number of Topliss-reactive ketones (excluding diaryl/α,β-unsaturated/α-hetero) is 1. The topological polar surface area (TPSA) is 89.6 Å². The lowest BCUT2D eigenvalue weighted by atomic mass is 10.0. The van der Waals surface area contributed by atoms with Crippen LogP contribution in [0.15, 0.2) is 22.7 Å². The summed E-state index contributed by atoms with van der Waals surface area (Å²) in [5.74, 6) is -1.19. The second-order valence-electron chi connectivity index (χ2n) is 3.41. The molecule has 0 spiro atoms. The van der Waals surface area contributed by atoms with Crippen LogP contribution >= 0.6 is 15.9 Å². The van der Waals surface area contributed by atoms with Gasteiger partial charge >= 0.3 is 5.97 Å². The summed E-state index contributed by atoms with van der Waals surface area (Å²) in [7, 11) is 1.43. The van der Waals surface area contributed by atoms with Crippen molar-refractivity contribution >= 4 is 27.7 Å². The van der Waals surface area contributed by atoms with Gasteiger partial charge in [0.15, 0.2) is 5.78 Å². The molecule has 1 aromatic rings. The lowest BCUT2D eigenvalue weighted by molar-refractivity contribution is -0.137. The van der Waals surface area contributed by atoms with E-state index in [1.54, 1.807) is 18.2 Å². The predicted octanol–water partition coefficient (Wildman–Crippen LogP) is 1.44. The van der Waals surface area contributed by atoms with E-state index >= 15 is 0 Å². The van der Waals surface area contributed by atoms with Crippen molar-refractivity contribution in [2.24, 2.45) is 5.73 Å². The van der Waals surface area contributed by atoms with Gasteiger partial charge in [-0.15, -0.1) is 0 Å². The highest BCUT2D eigenvalue weighted by Crippen LogP contribution is 2.24. The van der Waals surface area contributed by atoms with Gasteiger partial charge in [0.2, 0.25) is 0 Å². The molecule has 3 N–H and O–H groups in total. The molecular weight excluding hydrogens is 290 g/mol.